The first-order valence-electron chi connectivity index (χ1n) is 16.4. The Kier molecular flexibility index (Phi) is 15.0. The van der Waals surface area contributed by atoms with E-state index in [1.54, 1.807) is 34.6 Å². The largest absolute Gasteiger partial charge is 0.444 e. The van der Waals surface area contributed by atoms with Crippen molar-refractivity contribution in [2.75, 3.05) is 13.1 Å². The quantitative estimate of drug-likeness (QED) is 0.142. The number of amides is 2. The van der Waals surface area contributed by atoms with E-state index < -0.39 is 47.7 Å². The Hall–Kier alpha value is -4.36. The topological polar surface area (TPSA) is 129 Å². The fraction of sp³-hybridized carbons (Fsp3) is 0.436. The molecule has 0 heterocycles. The lowest BCUT2D eigenvalue weighted by atomic mass is 10.00. The van der Waals surface area contributed by atoms with Gasteiger partial charge in [-0.15, -0.1) is 0 Å². The molecule has 3 aromatic carbocycles. The molecule has 9 nitrogen and oxygen atoms in total. The summed E-state index contributed by atoms with van der Waals surface area (Å²) in [5.41, 5.74) is 1.44. The predicted octanol–water partition coefficient (Wildman–Crippen LogP) is 5.19. The predicted molar refractivity (Wildman–Crippen MR) is 188 cm³/mol. The smallest absolute Gasteiger partial charge is 0.408 e. The summed E-state index contributed by atoms with van der Waals surface area (Å²) in [7, 11) is 0. The van der Waals surface area contributed by atoms with Crippen molar-refractivity contribution >= 4 is 12.2 Å². The van der Waals surface area contributed by atoms with Crippen molar-refractivity contribution in [3.05, 3.63) is 108 Å². The van der Waals surface area contributed by atoms with Gasteiger partial charge in [0.05, 0.1) is 24.3 Å². The summed E-state index contributed by atoms with van der Waals surface area (Å²) in [6.45, 7) is 9.05. The number of rotatable bonds is 15. The van der Waals surface area contributed by atoms with Crippen molar-refractivity contribution in [2.45, 2.75) is 95.8 Å². The third kappa shape index (κ3) is 15.0. The Balaban J connectivity index is 1.59. The van der Waals surface area contributed by atoms with E-state index in [1.165, 1.54) is 0 Å². The standard InChI is InChI=1S/C39H51N3O6/c1-38(2,3)47-36(45)41-32(25-30-20-11-7-12-21-30)34(43)27-40-28-35(44)33(26-31-22-13-8-14-23-31)42-37(46)48-39(4,5)24-16-15-19-29-17-9-6-10-18-29/h6-14,17-18,20-23,32-35,40,43-44H,19,24-28H2,1-5H3,(H,41,45)(H,42,46)/t32-,33-,34+,35+/m0/s1. The minimum absolute atomic E-state index is 0.0632. The molecular formula is C39H51N3O6. The van der Waals surface area contributed by atoms with Gasteiger partial charge in [0.15, 0.2) is 0 Å². The fourth-order valence-corrected chi connectivity index (χ4v) is 4.93. The van der Waals surface area contributed by atoms with Crippen molar-refractivity contribution in [3.63, 3.8) is 0 Å². The van der Waals surface area contributed by atoms with E-state index in [1.807, 2.05) is 91.0 Å². The Labute approximate surface area is 285 Å². The normalized spacial score (nSPS) is 14.0. The maximum atomic E-state index is 13.1. The van der Waals surface area contributed by atoms with Gasteiger partial charge in [0.1, 0.15) is 11.2 Å². The molecule has 0 spiro atoms. The highest BCUT2D eigenvalue weighted by atomic mass is 16.6. The fourth-order valence-electron chi connectivity index (χ4n) is 4.93. The van der Waals surface area contributed by atoms with Crippen LogP contribution in [0.25, 0.3) is 0 Å². The number of carbonyl (C=O) groups excluding carboxylic acids is 2. The summed E-state index contributed by atoms with van der Waals surface area (Å²) in [5.74, 6) is 6.24. The highest BCUT2D eigenvalue weighted by Gasteiger charge is 2.28. The summed E-state index contributed by atoms with van der Waals surface area (Å²) >= 11 is 0. The van der Waals surface area contributed by atoms with Crippen LogP contribution in [-0.2, 0) is 28.7 Å². The lowest BCUT2D eigenvalue weighted by molar-refractivity contribution is 0.0330. The molecule has 0 saturated carbocycles. The summed E-state index contributed by atoms with van der Waals surface area (Å²) < 4.78 is 11.2. The van der Waals surface area contributed by atoms with E-state index in [-0.39, 0.29) is 13.1 Å². The average molecular weight is 658 g/mol. The second kappa shape index (κ2) is 18.8. The molecule has 3 aromatic rings. The zero-order valence-corrected chi connectivity index (χ0v) is 28.7. The van der Waals surface area contributed by atoms with E-state index in [4.69, 9.17) is 9.47 Å². The van der Waals surface area contributed by atoms with Gasteiger partial charge in [0.2, 0.25) is 0 Å². The Morgan fingerprint density at radius 3 is 1.50 bits per heavy atom. The van der Waals surface area contributed by atoms with Gasteiger partial charge in [0, 0.05) is 25.9 Å². The zero-order chi connectivity index (χ0) is 35.0. The molecule has 258 valence electrons. The van der Waals surface area contributed by atoms with Crippen molar-refractivity contribution in [2.24, 2.45) is 0 Å². The highest BCUT2D eigenvalue weighted by molar-refractivity contribution is 5.68. The van der Waals surface area contributed by atoms with Crippen molar-refractivity contribution in [3.8, 4) is 11.8 Å². The highest BCUT2D eigenvalue weighted by Crippen LogP contribution is 2.16. The molecule has 3 rings (SSSR count). The summed E-state index contributed by atoms with van der Waals surface area (Å²) in [6.07, 6.45) is -1.62. The molecular weight excluding hydrogens is 606 g/mol. The number of carbonyl (C=O) groups is 2. The lowest BCUT2D eigenvalue weighted by Crippen LogP contribution is -2.53. The van der Waals surface area contributed by atoms with Gasteiger partial charge in [0.25, 0.3) is 0 Å². The maximum Gasteiger partial charge on any atom is 0.408 e. The first kappa shape index (κ1) is 38.1. The summed E-state index contributed by atoms with van der Waals surface area (Å²) in [6, 6.07) is 27.7. The van der Waals surface area contributed by atoms with Crippen LogP contribution in [0, 0.1) is 11.8 Å². The molecule has 0 aliphatic carbocycles. The van der Waals surface area contributed by atoms with Crippen LogP contribution in [-0.4, -0.2) is 71.0 Å². The van der Waals surface area contributed by atoms with Crippen LogP contribution in [0.2, 0.25) is 0 Å². The number of nitrogens with one attached hydrogen (secondary N) is 3. The third-order valence-corrected chi connectivity index (χ3v) is 7.38. The number of hydrogen-bond acceptors (Lipinski definition) is 7. The Bertz CT molecular complexity index is 1450. The zero-order valence-electron chi connectivity index (χ0n) is 28.7. The van der Waals surface area contributed by atoms with Gasteiger partial charge in [-0.3, -0.25) is 0 Å². The number of aliphatic hydroxyl groups is 2. The molecule has 4 atom stereocenters. The minimum Gasteiger partial charge on any atom is -0.444 e. The molecule has 0 saturated heterocycles. The molecule has 0 aliphatic rings. The molecule has 0 unspecified atom stereocenters. The number of benzene rings is 3. The minimum atomic E-state index is -1.02. The van der Waals surface area contributed by atoms with Gasteiger partial charge in [-0.05, 0) is 64.2 Å². The van der Waals surface area contributed by atoms with Gasteiger partial charge in [-0.25, -0.2) is 9.59 Å². The van der Waals surface area contributed by atoms with Gasteiger partial charge in [-0.1, -0.05) is 103 Å². The molecule has 5 N–H and O–H groups in total. The van der Waals surface area contributed by atoms with Crippen LogP contribution in [0.1, 0.15) is 57.7 Å². The summed E-state index contributed by atoms with van der Waals surface area (Å²) in [4.78, 5) is 25.6. The van der Waals surface area contributed by atoms with Gasteiger partial charge in [-0.2, -0.15) is 0 Å². The molecule has 0 radical (unpaired) electrons. The van der Waals surface area contributed by atoms with Gasteiger partial charge >= 0.3 is 12.2 Å². The van der Waals surface area contributed by atoms with E-state index in [0.29, 0.717) is 25.7 Å². The molecule has 0 fully saturated rings. The lowest BCUT2D eigenvalue weighted by Gasteiger charge is -2.29. The number of hydrogen-bond donors (Lipinski definition) is 5. The van der Waals surface area contributed by atoms with Crippen LogP contribution >= 0.6 is 0 Å². The molecule has 0 aromatic heterocycles. The van der Waals surface area contributed by atoms with Crippen LogP contribution in [0.5, 0.6) is 0 Å². The van der Waals surface area contributed by atoms with Crippen molar-refractivity contribution in [1.82, 2.24) is 16.0 Å². The maximum absolute atomic E-state index is 13.1. The van der Waals surface area contributed by atoms with Crippen molar-refractivity contribution in [1.29, 1.82) is 0 Å². The van der Waals surface area contributed by atoms with E-state index in [2.05, 4.69) is 27.8 Å². The Morgan fingerprint density at radius 2 is 1.06 bits per heavy atom. The number of ether oxygens (including phenoxy) is 2. The Morgan fingerprint density at radius 1 is 0.646 bits per heavy atom. The van der Waals surface area contributed by atoms with Crippen molar-refractivity contribution < 1.29 is 29.3 Å². The first-order valence-corrected chi connectivity index (χ1v) is 16.4. The molecule has 0 bridgehead atoms. The second-order valence-corrected chi connectivity index (χ2v) is 13.5. The molecule has 9 heteroatoms. The number of aliphatic hydroxyl groups excluding tert-OH is 2. The van der Waals surface area contributed by atoms with Crippen LogP contribution in [0.3, 0.4) is 0 Å². The van der Waals surface area contributed by atoms with E-state index in [9.17, 15) is 19.8 Å². The van der Waals surface area contributed by atoms with Crippen LogP contribution in [0.15, 0.2) is 91.0 Å². The van der Waals surface area contributed by atoms with E-state index >= 15 is 0 Å². The first-order chi connectivity index (χ1) is 22.8. The average Bonchev–Trinajstić information content (AvgIpc) is 3.02. The second-order valence-electron chi connectivity index (χ2n) is 13.5. The molecule has 0 aliphatic heterocycles. The molecule has 2 amide bonds. The van der Waals surface area contributed by atoms with Gasteiger partial charge < -0.3 is 35.6 Å². The molecule has 48 heavy (non-hydrogen) atoms. The monoisotopic (exact) mass is 657 g/mol. The SMILES string of the molecule is CC(C)(C)OC(=O)N[C@@H](Cc1ccccc1)[C@H](O)CNC[C@@H](O)[C@H](Cc1ccccc1)NC(=O)OC(C)(C)CC#CCc1ccccc1. The number of alkyl carbamates (subject to hydrolysis) is 2. The van der Waals surface area contributed by atoms with E-state index in [0.717, 1.165) is 16.7 Å². The summed E-state index contributed by atoms with van der Waals surface area (Å²) in [5, 5.41) is 31.1. The third-order valence-electron chi connectivity index (χ3n) is 7.38. The van der Waals surface area contributed by atoms with Crippen LogP contribution in [0.4, 0.5) is 9.59 Å². The van der Waals surface area contributed by atoms with Crippen LogP contribution < -0.4 is 16.0 Å².